The average Bonchev–Trinajstić information content (AvgIpc) is 3.09. The van der Waals surface area contributed by atoms with Gasteiger partial charge in [0, 0.05) is 24.7 Å². The molecule has 0 atom stereocenters. The predicted molar refractivity (Wildman–Crippen MR) is 102 cm³/mol. The van der Waals surface area contributed by atoms with E-state index in [1.807, 2.05) is 27.7 Å². The summed E-state index contributed by atoms with van der Waals surface area (Å²) >= 11 is 0. The molecule has 0 spiro atoms. The maximum Gasteiger partial charge on any atom is 0.525 e. The Morgan fingerprint density at radius 2 is 2.07 bits per heavy atom. The number of nitrogens with zero attached hydrogens (tertiary/aromatic N) is 2. The van der Waals surface area contributed by atoms with Crippen LogP contribution >= 0.6 is 0 Å². The van der Waals surface area contributed by atoms with E-state index < -0.39 is 24.0 Å². The monoisotopic (exact) mass is 370 g/mol. The minimum Gasteiger partial charge on any atom is -0.398 e. The van der Waals surface area contributed by atoms with Gasteiger partial charge in [0.1, 0.15) is 11.4 Å². The Bertz CT molecular complexity index is 810. The number of halogens is 1. The Morgan fingerprint density at radius 1 is 1.37 bits per heavy atom. The summed E-state index contributed by atoms with van der Waals surface area (Å²) in [6.45, 7) is 8.60. The van der Waals surface area contributed by atoms with E-state index in [9.17, 15) is 9.18 Å². The maximum atomic E-state index is 14.8. The van der Waals surface area contributed by atoms with E-state index in [0.29, 0.717) is 24.2 Å². The largest absolute Gasteiger partial charge is 0.525 e. The summed E-state index contributed by atoms with van der Waals surface area (Å²) in [6.07, 6.45) is 4.41. The standard InChI is InChI=1S/C20H24BFN2O3/c1-19(2)20(3,4)27-21(26-19)17(22)14-15-8-5-11-23-16(15)9-6-12-24-13-7-10-18(24)25/h5,8,11,14H,7,10,12-13H2,1-4H3. The van der Waals surface area contributed by atoms with Crippen LogP contribution in [-0.2, 0) is 14.1 Å². The molecular formula is C20H24BFN2O3. The molecular weight excluding hydrogens is 346 g/mol. The molecule has 1 aromatic heterocycles. The van der Waals surface area contributed by atoms with Gasteiger partial charge in [-0.15, -0.1) is 0 Å². The highest BCUT2D eigenvalue weighted by Crippen LogP contribution is 2.39. The number of carbonyl (C=O) groups excluding carboxylic acids is 1. The third kappa shape index (κ3) is 4.23. The molecule has 0 N–H and O–H groups in total. The van der Waals surface area contributed by atoms with Crippen molar-refractivity contribution in [3.8, 4) is 11.8 Å². The normalized spacial score (nSPS) is 21.4. The van der Waals surface area contributed by atoms with Gasteiger partial charge in [-0.25, -0.2) is 9.37 Å². The molecule has 3 rings (SSSR count). The Kier molecular flexibility index (Phi) is 5.41. The second kappa shape index (κ2) is 7.45. The molecule has 2 aliphatic rings. The van der Waals surface area contributed by atoms with Crippen LogP contribution in [0.3, 0.4) is 0 Å². The van der Waals surface area contributed by atoms with Crippen LogP contribution in [0, 0.1) is 11.8 Å². The zero-order chi connectivity index (χ0) is 19.7. The van der Waals surface area contributed by atoms with Crippen LogP contribution in [0.15, 0.2) is 24.1 Å². The molecule has 1 aromatic rings. The number of amides is 1. The highest BCUT2D eigenvalue weighted by Gasteiger charge is 2.53. The van der Waals surface area contributed by atoms with Crippen LogP contribution in [0.4, 0.5) is 4.39 Å². The second-order valence-corrected chi connectivity index (χ2v) is 7.78. The molecule has 0 unspecified atom stereocenters. The lowest BCUT2D eigenvalue weighted by Gasteiger charge is -2.32. The third-order valence-electron chi connectivity index (χ3n) is 5.26. The number of hydrogen-bond acceptors (Lipinski definition) is 4. The Morgan fingerprint density at radius 3 is 2.70 bits per heavy atom. The van der Waals surface area contributed by atoms with Crippen LogP contribution in [0.25, 0.3) is 6.08 Å². The van der Waals surface area contributed by atoms with Crippen molar-refractivity contribution in [2.75, 3.05) is 13.1 Å². The van der Waals surface area contributed by atoms with Crippen molar-refractivity contribution in [1.29, 1.82) is 0 Å². The molecule has 5 nitrogen and oxygen atoms in total. The Hall–Kier alpha value is -2.17. The lowest BCUT2D eigenvalue weighted by molar-refractivity contribution is -0.127. The molecule has 0 bridgehead atoms. The van der Waals surface area contributed by atoms with Crippen LogP contribution in [-0.4, -0.2) is 47.2 Å². The second-order valence-electron chi connectivity index (χ2n) is 7.78. The highest BCUT2D eigenvalue weighted by molar-refractivity contribution is 6.54. The minimum absolute atomic E-state index is 0.122. The van der Waals surface area contributed by atoms with Crippen LogP contribution in [0.2, 0.25) is 0 Å². The smallest absolute Gasteiger partial charge is 0.398 e. The topological polar surface area (TPSA) is 51.7 Å². The van der Waals surface area contributed by atoms with E-state index >= 15 is 0 Å². The van der Waals surface area contributed by atoms with Crippen molar-refractivity contribution in [2.45, 2.75) is 51.7 Å². The van der Waals surface area contributed by atoms with Crippen molar-refractivity contribution >= 4 is 19.1 Å². The van der Waals surface area contributed by atoms with Gasteiger partial charge in [-0.3, -0.25) is 4.79 Å². The first kappa shape index (κ1) is 19.6. The maximum absolute atomic E-state index is 14.8. The van der Waals surface area contributed by atoms with Gasteiger partial charge in [-0.1, -0.05) is 12.0 Å². The summed E-state index contributed by atoms with van der Waals surface area (Å²) in [7, 11) is -1.06. The van der Waals surface area contributed by atoms with Gasteiger partial charge in [0.2, 0.25) is 5.91 Å². The summed E-state index contributed by atoms with van der Waals surface area (Å²) in [5.41, 5.74) is -0.744. The summed E-state index contributed by atoms with van der Waals surface area (Å²) in [5.74, 6) is 6.03. The number of hydrogen-bond donors (Lipinski definition) is 0. The van der Waals surface area contributed by atoms with Crippen LogP contribution < -0.4 is 0 Å². The van der Waals surface area contributed by atoms with Gasteiger partial charge >= 0.3 is 7.12 Å². The Labute approximate surface area is 160 Å². The van der Waals surface area contributed by atoms with Crippen molar-refractivity contribution in [3.05, 3.63) is 35.3 Å². The lowest BCUT2D eigenvalue weighted by Crippen LogP contribution is -2.41. The molecule has 2 fully saturated rings. The SMILES string of the molecule is CC1(C)OB(C(F)=Cc2cccnc2C#CCN2CCCC2=O)OC1(C)C. The molecule has 0 aromatic carbocycles. The first-order valence-corrected chi connectivity index (χ1v) is 9.14. The average molecular weight is 370 g/mol. The molecule has 2 aliphatic heterocycles. The fraction of sp³-hybridized carbons (Fsp3) is 0.500. The van der Waals surface area contributed by atoms with E-state index in [2.05, 4.69) is 16.8 Å². The van der Waals surface area contributed by atoms with E-state index in [4.69, 9.17) is 9.31 Å². The van der Waals surface area contributed by atoms with Crippen molar-refractivity contribution < 1.29 is 18.5 Å². The third-order valence-corrected chi connectivity index (χ3v) is 5.26. The van der Waals surface area contributed by atoms with Gasteiger partial charge in [-0.05, 0) is 52.2 Å². The molecule has 142 valence electrons. The van der Waals surface area contributed by atoms with Gasteiger partial charge in [0.15, 0.2) is 0 Å². The van der Waals surface area contributed by atoms with E-state index in [1.54, 1.807) is 23.2 Å². The van der Waals surface area contributed by atoms with Gasteiger partial charge in [0.25, 0.3) is 0 Å². The minimum atomic E-state index is -1.06. The fourth-order valence-corrected chi connectivity index (χ4v) is 2.90. The van der Waals surface area contributed by atoms with Gasteiger partial charge in [0.05, 0.1) is 17.7 Å². The zero-order valence-corrected chi connectivity index (χ0v) is 16.2. The summed E-state index contributed by atoms with van der Waals surface area (Å²) in [6, 6.07) is 3.46. The first-order valence-electron chi connectivity index (χ1n) is 9.14. The lowest BCUT2D eigenvalue weighted by atomic mass is 9.86. The number of aromatic nitrogens is 1. The van der Waals surface area contributed by atoms with E-state index in [0.717, 1.165) is 13.0 Å². The summed E-state index contributed by atoms with van der Waals surface area (Å²) < 4.78 is 26.2. The molecule has 3 heterocycles. The predicted octanol–water partition coefficient (Wildman–Crippen LogP) is 3.00. The molecule has 7 heteroatoms. The molecule has 1 amide bonds. The Balaban J connectivity index is 1.76. The number of pyridine rings is 1. The quantitative estimate of drug-likeness (QED) is 0.606. The zero-order valence-electron chi connectivity index (χ0n) is 16.2. The van der Waals surface area contributed by atoms with Crippen molar-refractivity contribution in [2.24, 2.45) is 0 Å². The van der Waals surface area contributed by atoms with E-state index in [-0.39, 0.29) is 5.91 Å². The van der Waals surface area contributed by atoms with E-state index in [1.165, 1.54) is 6.08 Å². The number of rotatable bonds is 3. The number of carbonyl (C=O) groups is 1. The fourth-order valence-electron chi connectivity index (χ4n) is 2.90. The molecule has 2 saturated heterocycles. The first-order chi connectivity index (χ1) is 12.7. The molecule has 0 aliphatic carbocycles. The summed E-state index contributed by atoms with van der Waals surface area (Å²) in [4.78, 5) is 17.6. The molecule has 0 saturated carbocycles. The molecule has 27 heavy (non-hydrogen) atoms. The molecule has 0 radical (unpaired) electrons. The van der Waals surface area contributed by atoms with Gasteiger partial charge in [-0.2, -0.15) is 0 Å². The van der Waals surface area contributed by atoms with Crippen molar-refractivity contribution in [1.82, 2.24) is 9.88 Å². The van der Waals surface area contributed by atoms with Crippen LogP contribution in [0.5, 0.6) is 0 Å². The van der Waals surface area contributed by atoms with Gasteiger partial charge < -0.3 is 14.2 Å². The highest BCUT2D eigenvalue weighted by atomic mass is 19.1. The van der Waals surface area contributed by atoms with Crippen LogP contribution in [0.1, 0.15) is 51.8 Å². The number of likely N-dealkylation sites (tertiary alicyclic amines) is 1. The van der Waals surface area contributed by atoms with Crippen molar-refractivity contribution in [3.63, 3.8) is 0 Å². The summed E-state index contributed by atoms with van der Waals surface area (Å²) in [5, 5.41) is 0.